The van der Waals surface area contributed by atoms with Gasteiger partial charge >= 0.3 is 0 Å². The number of aromatic nitrogens is 2. The van der Waals surface area contributed by atoms with Crippen molar-refractivity contribution in [2.24, 2.45) is 0 Å². The highest BCUT2D eigenvalue weighted by molar-refractivity contribution is 6.30. The van der Waals surface area contributed by atoms with Crippen molar-refractivity contribution in [2.45, 2.75) is 5.92 Å². The van der Waals surface area contributed by atoms with Crippen molar-refractivity contribution in [3.8, 4) is 11.6 Å². The first-order valence-corrected chi connectivity index (χ1v) is 10.4. The van der Waals surface area contributed by atoms with E-state index in [1.807, 2.05) is 29.2 Å². The molecule has 1 amide bonds. The number of benzene rings is 1. The molecule has 0 N–H and O–H groups in total. The van der Waals surface area contributed by atoms with Gasteiger partial charge in [0.25, 0.3) is 0 Å². The lowest BCUT2D eigenvalue weighted by molar-refractivity contribution is -0.134. The van der Waals surface area contributed by atoms with Crippen LogP contribution in [0, 0.1) is 0 Å². The average Bonchev–Trinajstić information content (AvgIpc) is 3.43. The van der Waals surface area contributed by atoms with Crippen LogP contribution in [0.2, 0.25) is 5.02 Å². The molecule has 0 aliphatic carbocycles. The fraction of sp³-hybridized carbons (Fsp3) is 0.381. The Bertz CT molecular complexity index is 990. The number of carbonyl (C=O) groups is 1. The molecule has 4 heterocycles. The highest BCUT2D eigenvalue weighted by Crippen LogP contribution is 2.28. The first-order chi connectivity index (χ1) is 14.7. The van der Waals surface area contributed by atoms with E-state index in [9.17, 15) is 4.79 Å². The number of hydrogen-bond acceptors (Lipinski definition) is 7. The van der Waals surface area contributed by atoms with Gasteiger partial charge in [-0.3, -0.25) is 9.69 Å². The van der Waals surface area contributed by atoms with Crippen molar-refractivity contribution >= 4 is 23.2 Å². The van der Waals surface area contributed by atoms with E-state index in [4.69, 9.17) is 20.5 Å². The number of rotatable bonds is 5. The Morgan fingerprint density at radius 2 is 1.87 bits per heavy atom. The zero-order chi connectivity index (χ0) is 20.5. The monoisotopic (exact) mass is 427 g/mol. The lowest BCUT2D eigenvalue weighted by atomic mass is 10.0. The minimum atomic E-state index is 0.163. The van der Waals surface area contributed by atoms with E-state index in [-0.39, 0.29) is 11.8 Å². The summed E-state index contributed by atoms with van der Waals surface area (Å²) in [6.07, 6.45) is 1.58. The van der Waals surface area contributed by atoms with Crippen molar-refractivity contribution < 1.29 is 13.7 Å². The number of likely N-dealkylation sites (tertiary alicyclic amines) is 1. The SMILES string of the molecule is O=C(CN1CC(c2nc(-c3ccco3)no2)C1)N1CCN(c2ccc(Cl)cc2)CC1. The number of furan rings is 1. The Morgan fingerprint density at radius 1 is 1.10 bits per heavy atom. The van der Waals surface area contributed by atoms with Crippen molar-refractivity contribution in [3.63, 3.8) is 0 Å². The topological polar surface area (TPSA) is 78.8 Å². The molecule has 3 aromatic rings. The maximum absolute atomic E-state index is 12.7. The van der Waals surface area contributed by atoms with Gasteiger partial charge in [0, 0.05) is 50.0 Å². The van der Waals surface area contributed by atoms with Gasteiger partial charge in [0.1, 0.15) is 0 Å². The van der Waals surface area contributed by atoms with Crippen LogP contribution in [0.5, 0.6) is 0 Å². The van der Waals surface area contributed by atoms with Crippen molar-refractivity contribution in [1.82, 2.24) is 19.9 Å². The van der Waals surface area contributed by atoms with Gasteiger partial charge in [0.2, 0.25) is 17.6 Å². The first kappa shape index (κ1) is 19.1. The largest absolute Gasteiger partial charge is 0.461 e. The Hall–Kier alpha value is -2.84. The molecule has 5 rings (SSSR count). The third kappa shape index (κ3) is 3.93. The Labute approximate surface area is 179 Å². The zero-order valence-electron chi connectivity index (χ0n) is 16.4. The molecule has 2 aliphatic heterocycles. The second-order valence-electron chi connectivity index (χ2n) is 7.67. The number of hydrogen-bond donors (Lipinski definition) is 0. The second-order valence-corrected chi connectivity index (χ2v) is 8.11. The Morgan fingerprint density at radius 3 is 2.57 bits per heavy atom. The standard InChI is InChI=1S/C21H22ClN5O3/c22-16-3-5-17(6-4-16)26-7-9-27(10-8-26)19(28)14-25-12-15(13-25)21-23-20(24-30-21)18-2-1-11-29-18/h1-6,11,15H,7-10,12-14H2. The normalized spacial score (nSPS) is 17.9. The smallest absolute Gasteiger partial charge is 0.238 e. The molecular formula is C21H22ClN5O3. The van der Waals surface area contributed by atoms with E-state index in [1.165, 1.54) is 0 Å². The van der Waals surface area contributed by atoms with Gasteiger partial charge in [-0.25, -0.2) is 0 Å². The lowest BCUT2D eigenvalue weighted by Crippen LogP contribution is -2.54. The molecule has 8 nitrogen and oxygen atoms in total. The predicted molar refractivity (Wildman–Crippen MR) is 111 cm³/mol. The third-order valence-electron chi connectivity index (χ3n) is 5.67. The van der Waals surface area contributed by atoms with E-state index in [2.05, 4.69) is 19.9 Å². The predicted octanol–water partition coefficient (Wildman–Crippen LogP) is 2.73. The molecule has 0 spiro atoms. The van der Waals surface area contributed by atoms with Crippen molar-refractivity contribution in [3.05, 3.63) is 53.6 Å². The minimum Gasteiger partial charge on any atom is -0.461 e. The summed E-state index contributed by atoms with van der Waals surface area (Å²) in [6, 6.07) is 11.4. The van der Waals surface area contributed by atoms with E-state index in [1.54, 1.807) is 18.4 Å². The maximum atomic E-state index is 12.7. The van der Waals surface area contributed by atoms with Gasteiger partial charge in [-0.1, -0.05) is 16.8 Å². The van der Waals surface area contributed by atoms with Crippen LogP contribution in [-0.4, -0.2) is 71.7 Å². The summed E-state index contributed by atoms with van der Waals surface area (Å²) in [5.74, 6) is 1.99. The van der Waals surface area contributed by atoms with E-state index < -0.39 is 0 Å². The molecule has 0 saturated carbocycles. The van der Waals surface area contributed by atoms with Crippen molar-refractivity contribution in [1.29, 1.82) is 0 Å². The molecule has 156 valence electrons. The highest BCUT2D eigenvalue weighted by atomic mass is 35.5. The summed E-state index contributed by atoms with van der Waals surface area (Å²) in [5.41, 5.74) is 1.14. The maximum Gasteiger partial charge on any atom is 0.238 e. The lowest BCUT2D eigenvalue weighted by Gasteiger charge is -2.40. The number of carbonyl (C=O) groups excluding carboxylic acids is 1. The molecule has 0 atom stereocenters. The molecule has 0 bridgehead atoms. The van der Waals surface area contributed by atoms with Gasteiger partial charge in [-0.05, 0) is 36.4 Å². The molecule has 2 aromatic heterocycles. The Balaban J connectivity index is 1.08. The van der Waals surface area contributed by atoms with Gasteiger partial charge in [0.05, 0.1) is 18.7 Å². The summed E-state index contributed by atoms with van der Waals surface area (Å²) in [4.78, 5) is 23.4. The molecule has 0 unspecified atom stereocenters. The third-order valence-corrected chi connectivity index (χ3v) is 5.92. The van der Waals surface area contributed by atoms with Crippen LogP contribution >= 0.6 is 11.6 Å². The van der Waals surface area contributed by atoms with E-state index >= 15 is 0 Å². The molecular weight excluding hydrogens is 406 g/mol. The summed E-state index contributed by atoms with van der Waals surface area (Å²) in [5, 5.41) is 4.71. The van der Waals surface area contributed by atoms with Gasteiger partial charge in [0.15, 0.2) is 5.76 Å². The van der Waals surface area contributed by atoms with E-state index in [0.29, 0.717) is 24.0 Å². The molecule has 30 heavy (non-hydrogen) atoms. The summed E-state index contributed by atoms with van der Waals surface area (Å²) in [7, 11) is 0. The number of amides is 1. The fourth-order valence-electron chi connectivity index (χ4n) is 3.92. The van der Waals surface area contributed by atoms with Gasteiger partial charge in [-0.15, -0.1) is 0 Å². The minimum absolute atomic E-state index is 0.163. The van der Waals surface area contributed by atoms with Crippen LogP contribution in [0.3, 0.4) is 0 Å². The van der Waals surface area contributed by atoms with E-state index in [0.717, 1.165) is 50.0 Å². The summed E-state index contributed by atoms with van der Waals surface area (Å²) in [6.45, 7) is 5.04. The number of nitrogens with zero attached hydrogens (tertiary/aromatic N) is 5. The van der Waals surface area contributed by atoms with Crippen LogP contribution in [0.15, 0.2) is 51.6 Å². The number of piperazine rings is 1. The van der Waals surface area contributed by atoms with Gasteiger partial charge in [-0.2, -0.15) is 4.98 Å². The van der Waals surface area contributed by atoms with Crippen molar-refractivity contribution in [2.75, 3.05) is 50.7 Å². The fourth-order valence-corrected chi connectivity index (χ4v) is 4.05. The molecule has 2 aliphatic rings. The molecule has 9 heteroatoms. The highest BCUT2D eigenvalue weighted by Gasteiger charge is 2.35. The summed E-state index contributed by atoms with van der Waals surface area (Å²) < 4.78 is 10.7. The summed E-state index contributed by atoms with van der Waals surface area (Å²) >= 11 is 5.96. The molecule has 1 aromatic carbocycles. The van der Waals surface area contributed by atoms with Crippen LogP contribution in [0.4, 0.5) is 5.69 Å². The quantitative estimate of drug-likeness (QED) is 0.619. The van der Waals surface area contributed by atoms with Crippen LogP contribution < -0.4 is 4.90 Å². The average molecular weight is 428 g/mol. The van der Waals surface area contributed by atoms with Crippen LogP contribution in [0.25, 0.3) is 11.6 Å². The zero-order valence-corrected chi connectivity index (χ0v) is 17.2. The van der Waals surface area contributed by atoms with Gasteiger partial charge < -0.3 is 18.7 Å². The molecule has 2 saturated heterocycles. The molecule has 2 fully saturated rings. The van der Waals surface area contributed by atoms with Crippen LogP contribution in [-0.2, 0) is 4.79 Å². The number of anilines is 1. The molecule has 0 radical (unpaired) electrons. The Kier molecular flexibility index (Phi) is 5.18. The first-order valence-electron chi connectivity index (χ1n) is 10.0. The van der Waals surface area contributed by atoms with Crippen LogP contribution in [0.1, 0.15) is 11.8 Å². The second kappa shape index (κ2) is 8.12. The number of halogens is 1.